The smallest absolute Gasteiger partial charge is 0.136 e. The number of furan rings is 1. The van der Waals surface area contributed by atoms with Gasteiger partial charge < -0.3 is 4.42 Å². The van der Waals surface area contributed by atoms with Crippen LogP contribution < -0.4 is 0 Å². The fourth-order valence-electron chi connectivity index (χ4n) is 7.63. The highest BCUT2D eigenvalue weighted by molar-refractivity contribution is 6.22. The lowest BCUT2D eigenvalue weighted by Gasteiger charge is -2.18. The summed E-state index contributed by atoms with van der Waals surface area (Å²) in [6, 6.07) is 63.1. The molecule has 0 N–H and O–H groups in total. The molecule has 0 amide bonds. The lowest BCUT2D eigenvalue weighted by Crippen LogP contribution is -1.91. The van der Waals surface area contributed by atoms with E-state index in [0.717, 1.165) is 38.3 Å². The molecule has 1 heteroatoms. The third-order valence-electron chi connectivity index (χ3n) is 9.99. The van der Waals surface area contributed by atoms with Crippen LogP contribution in [0.15, 0.2) is 186 Å². The Morgan fingerprint density at radius 3 is 1.61 bits per heavy atom. The van der Waals surface area contributed by atoms with Gasteiger partial charge in [0.25, 0.3) is 0 Å². The molecule has 49 heavy (non-hydrogen) atoms. The van der Waals surface area contributed by atoms with Crippen molar-refractivity contribution in [3.8, 4) is 44.5 Å². The number of hydrogen-bond donors (Lipinski definition) is 0. The van der Waals surface area contributed by atoms with Gasteiger partial charge in [0.2, 0.25) is 0 Å². The molecule has 0 aliphatic rings. The van der Waals surface area contributed by atoms with Gasteiger partial charge >= 0.3 is 0 Å². The van der Waals surface area contributed by atoms with E-state index < -0.39 is 0 Å². The molecule has 1 aromatic heterocycles. The molecule has 9 aromatic carbocycles. The van der Waals surface area contributed by atoms with Gasteiger partial charge in [-0.3, -0.25) is 0 Å². The average molecular weight is 624 g/mol. The van der Waals surface area contributed by atoms with Gasteiger partial charge in [-0.25, -0.2) is 0 Å². The normalized spacial score (nSPS) is 12.0. The van der Waals surface area contributed by atoms with Crippen LogP contribution in [0.5, 0.6) is 0 Å². The Morgan fingerprint density at radius 1 is 0.306 bits per heavy atom. The lowest BCUT2D eigenvalue weighted by molar-refractivity contribution is 0.669. The monoisotopic (exact) mass is 623 g/mol. The van der Waals surface area contributed by atoms with Crippen LogP contribution in [0, 0.1) is 0 Å². The van der Waals surface area contributed by atoms with Crippen LogP contribution in [0.4, 0.5) is 0 Å². The Labute approximate surface area is 285 Å². The molecular formula is C48H30O. The van der Waals surface area contributed by atoms with Crippen molar-refractivity contribution >= 4 is 54.3 Å². The van der Waals surface area contributed by atoms with Crippen LogP contribution >= 0.6 is 0 Å². The molecule has 1 heterocycles. The minimum Gasteiger partial charge on any atom is -0.456 e. The highest BCUT2D eigenvalue weighted by atomic mass is 16.3. The molecule has 0 radical (unpaired) electrons. The lowest BCUT2D eigenvalue weighted by atomic mass is 9.85. The summed E-state index contributed by atoms with van der Waals surface area (Å²) in [7, 11) is 0. The molecule has 0 atom stereocenters. The number of rotatable bonds is 4. The van der Waals surface area contributed by atoms with Crippen molar-refractivity contribution in [3.05, 3.63) is 182 Å². The highest BCUT2D eigenvalue weighted by Gasteiger charge is 2.18. The first-order chi connectivity index (χ1) is 24.7. The molecular weight excluding hydrogens is 593 g/mol. The maximum atomic E-state index is 7.96. The quantitative estimate of drug-likeness (QED) is 0.178. The van der Waals surface area contributed by atoms with Gasteiger partial charge in [-0.2, -0.15) is 0 Å². The van der Waals surface area contributed by atoms with Crippen LogP contribution in [0.1, 0.15) is 1.37 Å². The predicted octanol–water partition coefficient (Wildman–Crippen LogP) is 13.7. The molecule has 1 nitrogen and oxygen atoms in total. The van der Waals surface area contributed by atoms with Crippen molar-refractivity contribution in [2.24, 2.45) is 0 Å². The van der Waals surface area contributed by atoms with Gasteiger partial charge in [0.05, 0.1) is 1.37 Å². The molecule has 10 rings (SSSR count). The van der Waals surface area contributed by atoms with Gasteiger partial charge in [-0.05, 0) is 107 Å². The summed E-state index contributed by atoms with van der Waals surface area (Å²) in [5.41, 5.74) is 11.3. The second-order valence-corrected chi connectivity index (χ2v) is 12.8. The second-order valence-electron chi connectivity index (χ2n) is 12.8. The molecule has 228 valence electrons. The van der Waals surface area contributed by atoms with Gasteiger partial charge in [0.15, 0.2) is 0 Å². The van der Waals surface area contributed by atoms with Crippen molar-refractivity contribution in [1.29, 1.82) is 0 Å². The minimum absolute atomic E-state index is 0.535. The fraction of sp³-hybridized carbons (Fsp3) is 0. The molecule has 0 aliphatic heterocycles. The SMILES string of the molecule is [2H]c1ccc2cc(-c3ccc(-c4c5ccccc5c(-c5ccc6oc7cc(-c8ccccc8)ccc7c6c5)c5ccccc45)cc3)ccc2c1. The van der Waals surface area contributed by atoms with Crippen molar-refractivity contribution in [2.45, 2.75) is 0 Å². The third-order valence-corrected chi connectivity index (χ3v) is 9.99. The number of fused-ring (bicyclic) bond motifs is 6. The highest BCUT2D eigenvalue weighted by Crippen LogP contribution is 2.45. The maximum Gasteiger partial charge on any atom is 0.136 e. The van der Waals surface area contributed by atoms with E-state index in [1.54, 1.807) is 0 Å². The minimum atomic E-state index is 0.535. The summed E-state index contributed by atoms with van der Waals surface area (Å²) in [5.74, 6) is 0. The average Bonchev–Trinajstić information content (AvgIpc) is 3.54. The zero-order valence-corrected chi connectivity index (χ0v) is 26.7. The number of hydrogen-bond acceptors (Lipinski definition) is 1. The summed E-state index contributed by atoms with van der Waals surface area (Å²) in [5, 5.41) is 9.41. The largest absolute Gasteiger partial charge is 0.456 e. The standard InChI is InChI=1S/C48H30O/c1-2-10-31(11-3-1)37-24-26-39-44-29-38(25-27-45(44)49-46(39)30-37)48-42-16-8-6-14-40(42)47(41-15-7-9-17-43(41)48)34-21-18-33(19-22-34)36-23-20-32-12-4-5-13-35(32)28-36/h1-30H/i4D. The van der Waals surface area contributed by atoms with Crippen LogP contribution in [-0.2, 0) is 0 Å². The van der Waals surface area contributed by atoms with Crippen LogP contribution in [0.2, 0.25) is 0 Å². The Kier molecular flexibility index (Phi) is 6.02. The number of benzene rings is 9. The van der Waals surface area contributed by atoms with Crippen molar-refractivity contribution in [1.82, 2.24) is 0 Å². The molecule has 0 bridgehead atoms. The van der Waals surface area contributed by atoms with Gasteiger partial charge in [0.1, 0.15) is 11.2 Å². The summed E-state index contributed by atoms with van der Waals surface area (Å²) in [6.45, 7) is 0. The van der Waals surface area contributed by atoms with Gasteiger partial charge in [-0.1, -0.05) is 152 Å². The van der Waals surface area contributed by atoms with Crippen LogP contribution in [-0.4, -0.2) is 0 Å². The topological polar surface area (TPSA) is 13.1 Å². The Balaban J connectivity index is 1.12. The van der Waals surface area contributed by atoms with E-state index in [9.17, 15) is 0 Å². The van der Waals surface area contributed by atoms with E-state index in [0.29, 0.717) is 6.04 Å². The van der Waals surface area contributed by atoms with Crippen molar-refractivity contribution in [2.75, 3.05) is 0 Å². The van der Waals surface area contributed by atoms with Gasteiger partial charge in [-0.15, -0.1) is 0 Å². The summed E-state index contributed by atoms with van der Waals surface area (Å²) in [4.78, 5) is 0. The van der Waals surface area contributed by atoms with E-state index in [4.69, 9.17) is 5.79 Å². The summed E-state index contributed by atoms with van der Waals surface area (Å²) in [6.07, 6.45) is 0. The first kappa shape index (κ1) is 26.6. The van der Waals surface area contributed by atoms with E-state index >= 15 is 0 Å². The van der Waals surface area contributed by atoms with Crippen molar-refractivity contribution in [3.63, 3.8) is 0 Å². The van der Waals surface area contributed by atoms with Gasteiger partial charge in [0, 0.05) is 10.8 Å². The Hall–Kier alpha value is -6.44. The maximum absolute atomic E-state index is 7.96. The third kappa shape index (κ3) is 4.55. The van der Waals surface area contributed by atoms with E-state index in [2.05, 4.69) is 152 Å². The van der Waals surface area contributed by atoms with Crippen LogP contribution in [0.25, 0.3) is 98.8 Å². The molecule has 0 saturated heterocycles. The summed E-state index contributed by atoms with van der Waals surface area (Å²) < 4.78 is 14.4. The molecule has 0 spiro atoms. The van der Waals surface area contributed by atoms with E-state index in [-0.39, 0.29) is 0 Å². The molecule has 0 fully saturated rings. The first-order valence-electron chi connectivity index (χ1n) is 17.2. The molecule has 0 unspecified atom stereocenters. The Morgan fingerprint density at radius 2 is 0.878 bits per heavy atom. The van der Waals surface area contributed by atoms with E-state index in [1.165, 1.54) is 60.5 Å². The van der Waals surface area contributed by atoms with Crippen LogP contribution in [0.3, 0.4) is 0 Å². The first-order valence-corrected chi connectivity index (χ1v) is 16.7. The molecule has 0 aliphatic carbocycles. The fourth-order valence-corrected chi connectivity index (χ4v) is 7.63. The zero-order chi connectivity index (χ0) is 33.2. The predicted molar refractivity (Wildman–Crippen MR) is 208 cm³/mol. The second kappa shape index (κ2) is 11.1. The molecule has 0 saturated carbocycles. The van der Waals surface area contributed by atoms with Crippen molar-refractivity contribution < 1.29 is 5.79 Å². The summed E-state index contributed by atoms with van der Waals surface area (Å²) >= 11 is 0. The van der Waals surface area contributed by atoms with E-state index in [1.807, 2.05) is 24.3 Å². The molecule has 10 aromatic rings. The zero-order valence-electron chi connectivity index (χ0n) is 27.7. The Bertz CT molecular complexity index is 2860.